The summed E-state index contributed by atoms with van der Waals surface area (Å²) >= 11 is 0. The van der Waals surface area contributed by atoms with E-state index in [0.29, 0.717) is 13.1 Å². The fourth-order valence-corrected chi connectivity index (χ4v) is 3.47. The van der Waals surface area contributed by atoms with E-state index in [9.17, 15) is 4.79 Å². The molecule has 7 nitrogen and oxygen atoms in total. The second kappa shape index (κ2) is 11.4. The number of hydrogen-bond donors (Lipinski definition) is 2. The molecule has 0 aromatic heterocycles. The van der Waals surface area contributed by atoms with Crippen LogP contribution in [0.2, 0.25) is 0 Å². The number of rotatable bonds is 10. The van der Waals surface area contributed by atoms with Gasteiger partial charge in [-0.15, -0.1) is 0 Å². The molecule has 0 aliphatic rings. The van der Waals surface area contributed by atoms with Crippen LogP contribution in [0, 0.1) is 0 Å². The van der Waals surface area contributed by atoms with E-state index in [1.54, 1.807) is 14.2 Å². The number of para-hydroxylation sites is 2. The molecule has 2 aromatic carbocycles. The lowest BCUT2D eigenvalue weighted by molar-refractivity contribution is 0.224. The molecule has 0 saturated carbocycles. The van der Waals surface area contributed by atoms with E-state index >= 15 is 0 Å². The number of carbonyl (C=O) groups is 1. The Morgan fingerprint density at radius 2 is 1.13 bits per heavy atom. The largest absolute Gasteiger partial charge is 0.496 e. The summed E-state index contributed by atoms with van der Waals surface area (Å²) in [6.07, 6.45) is 0. The third-order valence-corrected chi connectivity index (χ3v) is 5.15. The first-order valence-electron chi connectivity index (χ1n) is 9.99. The van der Waals surface area contributed by atoms with Crippen molar-refractivity contribution in [2.24, 2.45) is 0 Å². The number of benzene rings is 2. The number of amides is 2. The van der Waals surface area contributed by atoms with Gasteiger partial charge in [0, 0.05) is 24.2 Å². The summed E-state index contributed by atoms with van der Waals surface area (Å²) in [7, 11) is 11.3. The van der Waals surface area contributed by atoms with Gasteiger partial charge in [-0.2, -0.15) is 0 Å². The van der Waals surface area contributed by atoms with Crippen LogP contribution in [0.5, 0.6) is 11.5 Å². The third-order valence-electron chi connectivity index (χ3n) is 5.15. The van der Waals surface area contributed by atoms with Gasteiger partial charge >= 0.3 is 6.03 Å². The van der Waals surface area contributed by atoms with Crippen molar-refractivity contribution in [1.82, 2.24) is 20.4 Å². The molecular formula is C23H34N4O3. The fourth-order valence-electron chi connectivity index (χ4n) is 3.47. The Morgan fingerprint density at radius 1 is 0.767 bits per heavy atom. The van der Waals surface area contributed by atoms with Crippen LogP contribution in [0.1, 0.15) is 23.2 Å². The van der Waals surface area contributed by atoms with Crippen molar-refractivity contribution >= 4 is 6.03 Å². The zero-order chi connectivity index (χ0) is 22.1. The molecule has 2 amide bonds. The molecule has 2 atom stereocenters. The molecule has 0 radical (unpaired) electrons. The summed E-state index contributed by atoms with van der Waals surface area (Å²) in [5, 5.41) is 5.98. The Morgan fingerprint density at radius 3 is 1.47 bits per heavy atom. The summed E-state index contributed by atoms with van der Waals surface area (Å²) in [6.45, 7) is 0.918. The van der Waals surface area contributed by atoms with Crippen LogP contribution in [0.3, 0.4) is 0 Å². The molecule has 2 unspecified atom stereocenters. The minimum atomic E-state index is -0.210. The summed E-state index contributed by atoms with van der Waals surface area (Å²) in [5.41, 5.74) is 2.07. The molecule has 0 aliphatic carbocycles. The number of urea groups is 1. The monoisotopic (exact) mass is 414 g/mol. The summed E-state index contributed by atoms with van der Waals surface area (Å²) in [6, 6.07) is 15.5. The van der Waals surface area contributed by atoms with Gasteiger partial charge in [0.05, 0.1) is 26.3 Å². The Balaban J connectivity index is 2.01. The lowest BCUT2D eigenvalue weighted by Gasteiger charge is -2.28. The number of methoxy groups -OCH3 is 2. The maximum Gasteiger partial charge on any atom is 0.314 e. The molecule has 0 bridgehead atoms. The van der Waals surface area contributed by atoms with Crippen molar-refractivity contribution in [3.63, 3.8) is 0 Å². The first-order valence-corrected chi connectivity index (χ1v) is 9.99. The third kappa shape index (κ3) is 6.11. The molecule has 2 aromatic rings. The lowest BCUT2D eigenvalue weighted by Crippen LogP contribution is -2.43. The first kappa shape index (κ1) is 23.5. The van der Waals surface area contributed by atoms with Crippen molar-refractivity contribution < 1.29 is 14.3 Å². The maximum atomic E-state index is 12.5. The number of nitrogens with zero attached hydrogens (tertiary/aromatic N) is 2. The van der Waals surface area contributed by atoms with E-state index in [1.165, 1.54) is 0 Å². The first-order chi connectivity index (χ1) is 14.4. The Kier molecular flexibility index (Phi) is 8.95. The van der Waals surface area contributed by atoms with E-state index in [4.69, 9.17) is 9.47 Å². The van der Waals surface area contributed by atoms with Crippen molar-refractivity contribution in [1.29, 1.82) is 0 Å². The molecular weight excluding hydrogens is 380 g/mol. The van der Waals surface area contributed by atoms with Crippen molar-refractivity contribution in [3.05, 3.63) is 59.7 Å². The summed E-state index contributed by atoms with van der Waals surface area (Å²) < 4.78 is 11.0. The zero-order valence-electron chi connectivity index (χ0n) is 18.8. The predicted octanol–water partition coefficient (Wildman–Crippen LogP) is 2.91. The highest BCUT2D eigenvalue weighted by Crippen LogP contribution is 2.28. The van der Waals surface area contributed by atoms with Gasteiger partial charge < -0.3 is 29.9 Å². The highest BCUT2D eigenvalue weighted by Gasteiger charge is 2.21. The highest BCUT2D eigenvalue weighted by molar-refractivity contribution is 5.74. The zero-order valence-corrected chi connectivity index (χ0v) is 18.8. The van der Waals surface area contributed by atoms with Gasteiger partial charge in [-0.3, -0.25) is 0 Å². The van der Waals surface area contributed by atoms with Crippen LogP contribution in [0.15, 0.2) is 48.5 Å². The normalized spacial score (nSPS) is 13.1. The van der Waals surface area contributed by atoms with E-state index in [-0.39, 0.29) is 18.1 Å². The standard InChI is InChI=1S/C23H34N4O3/c1-26(2)19(17-11-7-9-13-21(17)29-5)15-24-23(28)25-16-20(27(3)4)18-12-8-10-14-22(18)30-6/h7-14,19-20H,15-16H2,1-6H3,(H2,24,25,28). The van der Waals surface area contributed by atoms with Gasteiger partial charge in [-0.1, -0.05) is 36.4 Å². The number of hydrogen-bond acceptors (Lipinski definition) is 5. The second-order valence-electron chi connectivity index (χ2n) is 7.53. The summed E-state index contributed by atoms with van der Waals surface area (Å²) in [5.74, 6) is 1.62. The quantitative estimate of drug-likeness (QED) is 0.626. The number of ether oxygens (including phenoxy) is 2. The van der Waals surface area contributed by atoms with Gasteiger partial charge in [0.25, 0.3) is 0 Å². The average molecular weight is 415 g/mol. The molecule has 30 heavy (non-hydrogen) atoms. The smallest absolute Gasteiger partial charge is 0.314 e. The Bertz CT molecular complexity index is 745. The molecule has 164 valence electrons. The Labute approximate surface area is 180 Å². The number of nitrogens with one attached hydrogen (secondary N) is 2. The molecule has 0 saturated heterocycles. The van der Waals surface area contributed by atoms with Crippen LogP contribution in [-0.2, 0) is 0 Å². The van der Waals surface area contributed by atoms with Gasteiger partial charge in [0.2, 0.25) is 0 Å². The van der Waals surface area contributed by atoms with Crippen molar-refractivity contribution in [2.45, 2.75) is 12.1 Å². The minimum Gasteiger partial charge on any atom is -0.496 e. The fraction of sp³-hybridized carbons (Fsp3) is 0.435. The van der Waals surface area contributed by atoms with Crippen LogP contribution in [-0.4, -0.2) is 71.3 Å². The minimum absolute atomic E-state index is 0.00855. The van der Waals surface area contributed by atoms with E-state index in [0.717, 1.165) is 22.6 Å². The van der Waals surface area contributed by atoms with Gasteiger partial charge in [0.15, 0.2) is 0 Å². The topological polar surface area (TPSA) is 66.1 Å². The van der Waals surface area contributed by atoms with E-state index in [1.807, 2.05) is 76.7 Å². The van der Waals surface area contributed by atoms with Crippen LogP contribution in [0.4, 0.5) is 4.79 Å². The second-order valence-corrected chi connectivity index (χ2v) is 7.53. The van der Waals surface area contributed by atoms with E-state index in [2.05, 4.69) is 20.4 Å². The van der Waals surface area contributed by atoms with Crippen molar-refractivity contribution in [3.8, 4) is 11.5 Å². The molecule has 0 heterocycles. The van der Waals surface area contributed by atoms with Gasteiger partial charge in [0.1, 0.15) is 11.5 Å². The molecule has 0 spiro atoms. The van der Waals surface area contributed by atoms with Crippen molar-refractivity contribution in [2.75, 3.05) is 55.5 Å². The predicted molar refractivity (Wildman–Crippen MR) is 120 cm³/mol. The van der Waals surface area contributed by atoms with E-state index < -0.39 is 0 Å². The maximum absolute atomic E-state index is 12.5. The van der Waals surface area contributed by atoms with Gasteiger partial charge in [-0.05, 0) is 40.3 Å². The Hall–Kier alpha value is -2.77. The van der Waals surface area contributed by atoms with Crippen LogP contribution < -0.4 is 20.1 Å². The highest BCUT2D eigenvalue weighted by atomic mass is 16.5. The van der Waals surface area contributed by atoms with Crippen LogP contribution in [0.25, 0.3) is 0 Å². The lowest BCUT2D eigenvalue weighted by atomic mass is 10.0. The van der Waals surface area contributed by atoms with Gasteiger partial charge in [-0.25, -0.2) is 4.79 Å². The molecule has 2 N–H and O–H groups in total. The number of likely N-dealkylation sites (N-methyl/N-ethyl adjacent to an activating group) is 2. The summed E-state index contributed by atoms with van der Waals surface area (Å²) in [4.78, 5) is 16.7. The average Bonchev–Trinajstić information content (AvgIpc) is 2.74. The molecule has 0 fully saturated rings. The molecule has 2 rings (SSSR count). The number of carbonyl (C=O) groups excluding carboxylic acids is 1. The van der Waals surface area contributed by atoms with Crippen LogP contribution >= 0.6 is 0 Å². The molecule has 0 aliphatic heterocycles. The molecule has 7 heteroatoms. The SMILES string of the molecule is COc1ccccc1C(CNC(=O)NCC(c1ccccc1OC)N(C)C)N(C)C.